The Labute approximate surface area is 112 Å². The number of thioether (sulfide) groups is 1. The normalized spacial score (nSPS) is 17.0. The van der Waals surface area contributed by atoms with Crippen molar-refractivity contribution in [2.24, 2.45) is 10.3 Å². The van der Waals surface area contributed by atoms with E-state index in [1.165, 1.54) is 11.8 Å². The molecule has 1 aromatic carbocycles. The van der Waals surface area contributed by atoms with Crippen LogP contribution in [0.4, 0.5) is 5.69 Å². The molecule has 0 aliphatic carbocycles. The van der Waals surface area contributed by atoms with Gasteiger partial charge in [-0.3, -0.25) is 0 Å². The highest BCUT2D eigenvalue weighted by Gasteiger charge is 2.25. The van der Waals surface area contributed by atoms with Crippen LogP contribution in [0.3, 0.4) is 0 Å². The van der Waals surface area contributed by atoms with Crippen molar-refractivity contribution in [3.63, 3.8) is 0 Å². The van der Waals surface area contributed by atoms with Crippen molar-refractivity contribution in [3.05, 3.63) is 23.8 Å². The third kappa shape index (κ3) is 2.87. The Morgan fingerprint density at radius 3 is 2.78 bits per heavy atom. The third-order valence-electron chi connectivity index (χ3n) is 2.41. The van der Waals surface area contributed by atoms with Gasteiger partial charge in [0.25, 0.3) is 10.0 Å². The number of nitrogens with zero attached hydrogens (tertiary/aromatic N) is 1. The molecule has 1 aliphatic heterocycles. The van der Waals surface area contributed by atoms with Crippen LogP contribution in [0.25, 0.3) is 0 Å². The summed E-state index contributed by atoms with van der Waals surface area (Å²) >= 11 is 1.44. The SMILES string of the molecule is Cc1ccc2c(c1)S(=O)(=O)N=C(SCC(C)C)N2. The van der Waals surface area contributed by atoms with E-state index in [1.807, 2.05) is 13.0 Å². The standard InChI is InChI=1S/C12H16N2O2S2/c1-8(2)7-17-12-13-10-5-4-9(3)6-11(10)18(15,16)14-12/h4-6,8H,7H2,1-3H3,(H,13,14). The highest BCUT2D eigenvalue weighted by molar-refractivity contribution is 8.14. The molecule has 0 bridgehead atoms. The summed E-state index contributed by atoms with van der Waals surface area (Å²) in [4.78, 5) is 0.261. The first-order valence-electron chi connectivity index (χ1n) is 5.74. The number of sulfonamides is 1. The molecule has 2 rings (SSSR count). The first-order valence-corrected chi connectivity index (χ1v) is 8.16. The van der Waals surface area contributed by atoms with E-state index in [0.717, 1.165) is 11.3 Å². The van der Waals surface area contributed by atoms with Crippen molar-refractivity contribution in [1.29, 1.82) is 0 Å². The molecule has 0 aromatic heterocycles. The molecule has 1 N–H and O–H groups in total. The van der Waals surface area contributed by atoms with E-state index < -0.39 is 10.0 Å². The summed E-state index contributed by atoms with van der Waals surface area (Å²) in [6.07, 6.45) is 0. The molecular formula is C12H16N2O2S2. The number of rotatable bonds is 2. The number of aryl methyl sites for hydroxylation is 1. The molecule has 98 valence electrons. The van der Waals surface area contributed by atoms with Crippen LogP contribution in [0, 0.1) is 12.8 Å². The highest BCUT2D eigenvalue weighted by atomic mass is 32.2. The monoisotopic (exact) mass is 284 g/mol. The topological polar surface area (TPSA) is 58.5 Å². The van der Waals surface area contributed by atoms with Crippen LogP contribution >= 0.6 is 11.8 Å². The molecule has 1 aliphatic rings. The molecule has 0 saturated heterocycles. The van der Waals surface area contributed by atoms with Crippen molar-refractivity contribution < 1.29 is 8.42 Å². The lowest BCUT2D eigenvalue weighted by molar-refractivity contribution is 0.598. The highest BCUT2D eigenvalue weighted by Crippen LogP contribution is 2.30. The zero-order valence-corrected chi connectivity index (χ0v) is 12.2. The molecule has 0 saturated carbocycles. The van der Waals surface area contributed by atoms with Crippen molar-refractivity contribution >= 4 is 32.6 Å². The number of anilines is 1. The summed E-state index contributed by atoms with van der Waals surface area (Å²) < 4.78 is 27.9. The Morgan fingerprint density at radius 1 is 1.39 bits per heavy atom. The molecule has 18 heavy (non-hydrogen) atoms. The molecule has 0 radical (unpaired) electrons. The van der Waals surface area contributed by atoms with Crippen molar-refractivity contribution in [3.8, 4) is 0 Å². The van der Waals surface area contributed by atoms with Crippen LogP contribution in [0.15, 0.2) is 27.5 Å². The molecule has 6 heteroatoms. The Kier molecular flexibility index (Phi) is 3.68. The van der Waals surface area contributed by atoms with Gasteiger partial charge in [0.2, 0.25) is 0 Å². The molecule has 0 fully saturated rings. The van der Waals surface area contributed by atoms with E-state index in [2.05, 4.69) is 23.6 Å². The summed E-state index contributed by atoms with van der Waals surface area (Å²) in [6.45, 7) is 6.03. The summed E-state index contributed by atoms with van der Waals surface area (Å²) in [5, 5.41) is 3.53. The third-order valence-corrected chi connectivity index (χ3v) is 5.15. The predicted molar refractivity (Wildman–Crippen MR) is 76.7 cm³/mol. The second-order valence-electron chi connectivity index (χ2n) is 4.70. The van der Waals surface area contributed by atoms with Gasteiger partial charge < -0.3 is 5.32 Å². The van der Waals surface area contributed by atoms with E-state index in [4.69, 9.17) is 0 Å². The van der Waals surface area contributed by atoms with Crippen molar-refractivity contribution in [1.82, 2.24) is 0 Å². The zero-order valence-electron chi connectivity index (χ0n) is 10.6. The maximum atomic E-state index is 12.0. The maximum Gasteiger partial charge on any atom is 0.286 e. The lowest BCUT2D eigenvalue weighted by atomic mass is 10.2. The number of hydrogen-bond acceptors (Lipinski definition) is 4. The summed E-state index contributed by atoms with van der Waals surface area (Å²) in [6, 6.07) is 5.31. The van der Waals surface area contributed by atoms with Crippen LogP contribution < -0.4 is 5.32 Å². The van der Waals surface area contributed by atoms with E-state index in [9.17, 15) is 8.42 Å². The Bertz CT molecular complexity index is 592. The van der Waals surface area contributed by atoms with Gasteiger partial charge in [-0.05, 0) is 30.5 Å². The average Bonchev–Trinajstić information content (AvgIpc) is 2.27. The zero-order chi connectivity index (χ0) is 13.3. The van der Waals surface area contributed by atoms with Gasteiger partial charge in [0.1, 0.15) is 4.90 Å². The van der Waals surface area contributed by atoms with Crippen LogP contribution in [-0.2, 0) is 10.0 Å². The maximum absolute atomic E-state index is 12.0. The van der Waals surface area contributed by atoms with E-state index in [-0.39, 0.29) is 4.90 Å². The van der Waals surface area contributed by atoms with E-state index in [1.54, 1.807) is 12.1 Å². The van der Waals surface area contributed by atoms with Gasteiger partial charge >= 0.3 is 0 Å². The van der Waals surface area contributed by atoms with Gasteiger partial charge in [0.15, 0.2) is 5.17 Å². The number of amidine groups is 1. The molecule has 4 nitrogen and oxygen atoms in total. The fraction of sp³-hybridized carbons (Fsp3) is 0.417. The van der Waals surface area contributed by atoms with Gasteiger partial charge in [-0.25, -0.2) is 0 Å². The lowest BCUT2D eigenvalue weighted by Gasteiger charge is -2.18. The predicted octanol–water partition coefficient (Wildman–Crippen LogP) is 2.85. The summed E-state index contributed by atoms with van der Waals surface area (Å²) in [5.74, 6) is 1.32. The van der Waals surface area contributed by atoms with Gasteiger partial charge in [0.05, 0.1) is 5.69 Å². The van der Waals surface area contributed by atoms with Gasteiger partial charge in [0, 0.05) is 5.75 Å². The fourth-order valence-electron chi connectivity index (χ4n) is 1.55. The molecule has 0 amide bonds. The minimum Gasteiger partial charge on any atom is -0.333 e. The summed E-state index contributed by atoms with van der Waals surface area (Å²) in [5.41, 5.74) is 1.52. The first kappa shape index (κ1) is 13.4. The first-order chi connectivity index (χ1) is 8.38. The largest absolute Gasteiger partial charge is 0.333 e. The minimum absolute atomic E-state index is 0.261. The Balaban J connectivity index is 2.33. The quantitative estimate of drug-likeness (QED) is 0.907. The Hall–Kier alpha value is -1.01. The smallest absolute Gasteiger partial charge is 0.286 e. The number of hydrogen-bond donors (Lipinski definition) is 1. The van der Waals surface area contributed by atoms with E-state index >= 15 is 0 Å². The molecule has 0 spiro atoms. The lowest BCUT2D eigenvalue weighted by Crippen LogP contribution is -2.19. The van der Waals surface area contributed by atoms with Crippen LogP contribution in [-0.4, -0.2) is 19.3 Å². The molecule has 0 unspecified atom stereocenters. The number of fused-ring (bicyclic) bond motifs is 1. The van der Waals surface area contributed by atoms with Crippen molar-refractivity contribution in [2.75, 3.05) is 11.1 Å². The Morgan fingerprint density at radius 2 is 2.11 bits per heavy atom. The second kappa shape index (κ2) is 4.93. The number of nitrogens with one attached hydrogen (secondary N) is 1. The molecular weight excluding hydrogens is 268 g/mol. The molecule has 1 aromatic rings. The van der Waals surface area contributed by atoms with Crippen molar-refractivity contribution in [2.45, 2.75) is 25.7 Å². The van der Waals surface area contributed by atoms with Gasteiger partial charge in [-0.1, -0.05) is 31.7 Å². The van der Waals surface area contributed by atoms with Crippen LogP contribution in [0.5, 0.6) is 0 Å². The van der Waals surface area contributed by atoms with Gasteiger partial charge in [-0.2, -0.15) is 8.42 Å². The number of benzene rings is 1. The van der Waals surface area contributed by atoms with E-state index in [0.29, 0.717) is 16.8 Å². The average molecular weight is 284 g/mol. The molecule has 0 atom stereocenters. The van der Waals surface area contributed by atoms with Crippen LogP contribution in [0.1, 0.15) is 19.4 Å². The molecule has 1 heterocycles. The second-order valence-corrected chi connectivity index (χ2v) is 7.28. The van der Waals surface area contributed by atoms with Crippen LogP contribution in [0.2, 0.25) is 0 Å². The summed E-state index contributed by atoms with van der Waals surface area (Å²) in [7, 11) is -3.56. The minimum atomic E-state index is -3.56. The fourth-order valence-corrected chi connectivity index (χ4v) is 3.82. The van der Waals surface area contributed by atoms with Gasteiger partial charge in [-0.15, -0.1) is 4.40 Å².